The van der Waals surface area contributed by atoms with Crippen molar-refractivity contribution >= 4 is 15.9 Å². The first-order valence-electron chi connectivity index (χ1n) is 3.37. The molecule has 2 heteroatoms. The molecule has 0 unspecified atom stereocenters. The molecule has 0 aliphatic carbocycles. The number of hydrogen-bond acceptors (Lipinski definition) is 1. The van der Waals surface area contributed by atoms with Crippen molar-refractivity contribution in [2.75, 3.05) is 0 Å². The second-order valence-corrected chi connectivity index (χ2v) is 2.70. The summed E-state index contributed by atoms with van der Waals surface area (Å²) in [7, 11) is 0. The van der Waals surface area contributed by atoms with E-state index < -0.39 is 0 Å². The average molecular weight is 205 g/mol. The van der Waals surface area contributed by atoms with Crippen LogP contribution < -0.4 is 0 Å². The molecule has 0 N–H and O–H groups in total. The first-order chi connectivity index (χ1) is 4.70. The molecule has 0 atom stereocenters. The highest BCUT2D eigenvalue weighted by molar-refractivity contribution is 9.11. The second kappa shape index (κ2) is 5.54. The largest absolute Gasteiger partial charge is 0.455 e. The molecule has 0 aliphatic rings. The number of allylic oxidation sites excluding steroid dienone is 3. The molecule has 1 nitrogen and oxygen atoms in total. The highest BCUT2D eigenvalue weighted by atomic mass is 79.9. The standard InChI is InChI=1S/C8H13BrO/c1-4-6-8(9)10-7(3)5-2/h5-6H,4H2,1-3H3/b7-5-,8-6-. The van der Waals surface area contributed by atoms with Crippen molar-refractivity contribution in [2.45, 2.75) is 27.2 Å². The van der Waals surface area contributed by atoms with Crippen molar-refractivity contribution in [1.82, 2.24) is 0 Å². The van der Waals surface area contributed by atoms with Crippen LogP contribution in [0.4, 0.5) is 0 Å². The third-order valence-corrected chi connectivity index (χ3v) is 1.52. The van der Waals surface area contributed by atoms with Crippen LogP contribution in [0, 0.1) is 0 Å². The second-order valence-electron chi connectivity index (χ2n) is 1.92. The maximum Gasteiger partial charge on any atom is 0.165 e. The van der Waals surface area contributed by atoms with Crippen molar-refractivity contribution in [2.24, 2.45) is 0 Å². The van der Waals surface area contributed by atoms with E-state index in [9.17, 15) is 0 Å². The summed E-state index contributed by atoms with van der Waals surface area (Å²) in [5.41, 5.74) is 0. The first kappa shape index (κ1) is 9.76. The summed E-state index contributed by atoms with van der Waals surface area (Å²) in [5, 5.41) is 0. The Bertz CT molecular complexity index is 147. The minimum Gasteiger partial charge on any atom is -0.455 e. The van der Waals surface area contributed by atoms with Gasteiger partial charge in [-0.2, -0.15) is 0 Å². The third kappa shape index (κ3) is 4.62. The van der Waals surface area contributed by atoms with Crippen molar-refractivity contribution in [1.29, 1.82) is 0 Å². The number of hydrogen-bond donors (Lipinski definition) is 0. The molecule has 0 bridgehead atoms. The lowest BCUT2D eigenvalue weighted by molar-refractivity contribution is 0.341. The Balaban J connectivity index is 3.79. The summed E-state index contributed by atoms with van der Waals surface area (Å²) >= 11 is 3.28. The molecule has 0 amide bonds. The molecule has 0 aromatic carbocycles. The van der Waals surface area contributed by atoms with Gasteiger partial charge in [-0.3, -0.25) is 0 Å². The van der Waals surface area contributed by atoms with Gasteiger partial charge in [0.1, 0.15) is 0 Å². The van der Waals surface area contributed by atoms with Crippen LogP contribution in [-0.4, -0.2) is 0 Å². The lowest BCUT2D eigenvalue weighted by atomic mass is 10.5. The van der Waals surface area contributed by atoms with Crippen LogP contribution in [0.15, 0.2) is 22.6 Å². The molecular formula is C8H13BrO. The molecule has 0 saturated carbocycles. The van der Waals surface area contributed by atoms with Gasteiger partial charge in [0.05, 0.1) is 5.76 Å². The molecule has 0 rings (SSSR count). The SMILES string of the molecule is C/C=C(/C)O/C(Br)=C\CC. The highest BCUT2D eigenvalue weighted by Crippen LogP contribution is 2.12. The van der Waals surface area contributed by atoms with Gasteiger partial charge in [-0.1, -0.05) is 6.92 Å². The Morgan fingerprint density at radius 1 is 1.60 bits per heavy atom. The van der Waals surface area contributed by atoms with Gasteiger partial charge in [-0.25, -0.2) is 0 Å². The number of rotatable bonds is 3. The van der Waals surface area contributed by atoms with Crippen LogP contribution in [0.5, 0.6) is 0 Å². The average Bonchev–Trinajstić information content (AvgIpc) is 1.88. The topological polar surface area (TPSA) is 9.23 Å². The molecule has 0 heterocycles. The normalized spacial score (nSPS) is 13.6. The van der Waals surface area contributed by atoms with Gasteiger partial charge in [0, 0.05) is 0 Å². The van der Waals surface area contributed by atoms with Crippen molar-refractivity contribution in [3.8, 4) is 0 Å². The summed E-state index contributed by atoms with van der Waals surface area (Å²) in [6.45, 7) is 5.93. The van der Waals surface area contributed by atoms with E-state index in [2.05, 4.69) is 22.9 Å². The number of ether oxygens (including phenoxy) is 1. The van der Waals surface area contributed by atoms with E-state index >= 15 is 0 Å². The van der Waals surface area contributed by atoms with E-state index in [1.807, 2.05) is 26.0 Å². The van der Waals surface area contributed by atoms with E-state index in [4.69, 9.17) is 4.74 Å². The summed E-state index contributed by atoms with van der Waals surface area (Å²) in [5.74, 6) is 0.913. The van der Waals surface area contributed by atoms with Crippen LogP contribution in [0.2, 0.25) is 0 Å². The van der Waals surface area contributed by atoms with Gasteiger partial charge in [-0.05, 0) is 48.4 Å². The van der Waals surface area contributed by atoms with E-state index in [0.717, 1.165) is 16.8 Å². The molecule has 10 heavy (non-hydrogen) atoms. The molecular weight excluding hydrogens is 192 g/mol. The summed E-state index contributed by atoms with van der Waals surface area (Å²) < 4.78 is 6.08. The Kier molecular flexibility index (Phi) is 5.40. The maximum absolute atomic E-state index is 5.28. The van der Waals surface area contributed by atoms with Crippen LogP contribution in [0.1, 0.15) is 27.2 Å². The van der Waals surface area contributed by atoms with Crippen molar-refractivity contribution in [3.05, 3.63) is 22.6 Å². The third-order valence-electron chi connectivity index (χ3n) is 1.03. The first-order valence-corrected chi connectivity index (χ1v) is 4.16. The van der Waals surface area contributed by atoms with Gasteiger partial charge in [0.15, 0.2) is 4.67 Å². The molecule has 0 spiro atoms. The smallest absolute Gasteiger partial charge is 0.165 e. The van der Waals surface area contributed by atoms with Crippen LogP contribution in [0.3, 0.4) is 0 Å². The fourth-order valence-corrected chi connectivity index (χ4v) is 0.994. The Morgan fingerprint density at radius 3 is 2.60 bits per heavy atom. The Labute approximate surface area is 70.9 Å². The van der Waals surface area contributed by atoms with Crippen molar-refractivity contribution in [3.63, 3.8) is 0 Å². The maximum atomic E-state index is 5.28. The fourth-order valence-electron chi connectivity index (χ4n) is 0.415. The molecule has 58 valence electrons. The molecule has 0 fully saturated rings. The number of halogens is 1. The zero-order valence-corrected chi connectivity index (χ0v) is 8.23. The van der Waals surface area contributed by atoms with Crippen LogP contribution in [0.25, 0.3) is 0 Å². The monoisotopic (exact) mass is 204 g/mol. The fraction of sp³-hybridized carbons (Fsp3) is 0.500. The molecule has 0 aromatic heterocycles. The summed E-state index contributed by atoms with van der Waals surface area (Å²) in [6, 6.07) is 0. The molecule has 0 aromatic rings. The quantitative estimate of drug-likeness (QED) is 0.640. The van der Waals surface area contributed by atoms with Crippen LogP contribution >= 0.6 is 15.9 Å². The Hall–Kier alpha value is -0.240. The highest BCUT2D eigenvalue weighted by Gasteiger charge is 1.90. The van der Waals surface area contributed by atoms with Gasteiger partial charge >= 0.3 is 0 Å². The van der Waals surface area contributed by atoms with Gasteiger partial charge < -0.3 is 4.74 Å². The molecule has 0 saturated heterocycles. The van der Waals surface area contributed by atoms with E-state index in [1.54, 1.807) is 0 Å². The van der Waals surface area contributed by atoms with Gasteiger partial charge in [-0.15, -0.1) is 0 Å². The van der Waals surface area contributed by atoms with E-state index in [-0.39, 0.29) is 0 Å². The van der Waals surface area contributed by atoms with Gasteiger partial charge in [0.2, 0.25) is 0 Å². The summed E-state index contributed by atoms with van der Waals surface area (Å²) in [6.07, 6.45) is 4.88. The van der Waals surface area contributed by atoms with Gasteiger partial charge in [0.25, 0.3) is 0 Å². The zero-order valence-electron chi connectivity index (χ0n) is 6.65. The Morgan fingerprint density at radius 2 is 2.20 bits per heavy atom. The minimum atomic E-state index is 0.797. The van der Waals surface area contributed by atoms with E-state index in [0.29, 0.717) is 0 Å². The lowest BCUT2D eigenvalue weighted by Gasteiger charge is -2.01. The summed E-state index contributed by atoms with van der Waals surface area (Å²) in [4.78, 5) is 0. The zero-order chi connectivity index (χ0) is 7.98. The molecule has 0 radical (unpaired) electrons. The van der Waals surface area contributed by atoms with E-state index in [1.165, 1.54) is 0 Å². The molecule has 0 aliphatic heterocycles. The minimum absolute atomic E-state index is 0.797. The van der Waals surface area contributed by atoms with Crippen molar-refractivity contribution < 1.29 is 4.74 Å². The van der Waals surface area contributed by atoms with Crippen LogP contribution in [-0.2, 0) is 4.74 Å². The predicted octanol–water partition coefficient (Wildman–Crippen LogP) is 3.57. The lowest BCUT2D eigenvalue weighted by Crippen LogP contribution is -1.81. The predicted molar refractivity (Wildman–Crippen MR) is 47.8 cm³/mol.